The lowest BCUT2D eigenvalue weighted by Crippen LogP contribution is -2.47. The quantitative estimate of drug-likeness (QED) is 0.841. The van der Waals surface area contributed by atoms with Crippen LogP contribution in [-0.4, -0.2) is 47.7 Å². The summed E-state index contributed by atoms with van der Waals surface area (Å²) in [6.45, 7) is 2.85. The molecule has 2 heterocycles. The number of ether oxygens (including phenoxy) is 1. The van der Waals surface area contributed by atoms with Crippen molar-refractivity contribution in [2.75, 3.05) is 31.1 Å². The summed E-state index contributed by atoms with van der Waals surface area (Å²) < 4.78 is 28.8. The van der Waals surface area contributed by atoms with E-state index < -0.39 is 6.61 Å². The minimum absolute atomic E-state index is 0.187. The molecule has 5 nitrogen and oxygen atoms in total. The van der Waals surface area contributed by atoms with Crippen molar-refractivity contribution in [1.29, 1.82) is 0 Å². The van der Waals surface area contributed by atoms with Gasteiger partial charge in [-0.25, -0.2) is 9.97 Å². The third-order valence-electron chi connectivity index (χ3n) is 4.28. The Hall–Kier alpha value is -2.28. The van der Waals surface area contributed by atoms with E-state index in [-0.39, 0.29) is 11.8 Å². The maximum atomic E-state index is 12.2. The highest BCUT2D eigenvalue weighted by atomic mass is 19.3. The number of aromatic nitrogens is 2. The van der Waals surface area contributed by atoms with Crippen molar-refractivity contribution in [2.45, 2.75) is 19.6 Å². The maximum Gasteiger partial charge on any atom is 0.387 e. The second-order valence-corrected chi connectivity index (χ2v) is 5.70. The first-order valence-corrected chi connectivity index (χ1v) is 7.94. The van der Waals surface area contributed by atoms with E-state index >= 15 is 0 Å². The van der Waals surface area contributed by atoms with Gasteiger partial charge in [0.2, 0.25) is 5.95 Å². The third-order valence-corrected chi connectivity index (χ3v) is 4.28. The van der Waals surface area contributed by atoms with E-state index in [1.807, 2.05) is 18.2 Å². The largest absolute Gasteiger partial charge is 0.435 e. The van der Waals surface area contributed by atoms with Crippen molar-refractivity contribution in [3.63, 3.8) is 0 Å². The Morgan fingerprint density at radius 3 is 2.21 bits per heavy atom. The lowest BCUT2D eigenvalue weighted by Gasteiger charge is -2.38. The minimum atomic E-state index is -2.79. The van der Waals surface area contributed by atoms with Crippen LogP contribution in [0.5, 0.6) is 5.75 Å². The fourth-order valence-corrected chi connectivity index (χ4v) is 2.90. The van der Waals surface area contributed by atoms with Crippen molar-refractivity contribution in [3.8, 4) is 5.75 Å². The van der Waals surface area contributed by atoms with Crippen molar-refractivity contribution in [2.24, 2.45) is 0 Å². The number of halogens is 2. The molecule has 1 aromatic heterocycles. The smallest absolute Gasteiger partial charge is 0.387 e. The highest BCUT2D eigenvalue weighted by Crippen LogP contribution is 2.25. The van der Waals surface area contributed by atoms with E-state index in [0.29, 0.717) is 0 Å². The van der Waals surface area contributed by atoms with Crippen molar-refractivity contribution < 1.29 is 13.5 Å². The van der Waals surface area contributed by atoms with E-state index in [0.717, 1.165) is 37.7 Å². The van der Waals surface area contributed by atoms with Crippen molar-refractivity contribution in [1.82, 2.24) is 14.9 Å². The van der Waals surface area contributed by atoms with Crippen LogP contribution in [-0.2, 0) is 0 Å². The molecule has 1 aliphatic rings. The standard InChI is InChI=1S/C17H20F2N4O/c1-13(14-3-5-15(6-4-14)24-16(18)19)22-9-11-23(12-10-22)17-20-7-2-8-21-17/h2-8,13,16H,9-12H2,1H3. The Morgan fingerprint density at radius 2 is 1.62 bits per heavy atom. The molecule has 2 aromatic rings. The Labute approximate surface area is 139 Å². The summed E-state index contributed by atoms with van der Waals surface area (Å²) in [5.41, 5.74) is 1.08. The molecule has 1 aliphatic heterocycles. The Kier molecular flexibility index (Phi) is 5.20. The molecule has 24 heavy (non-hydrogen) atoms. The average Bonchev–Trinajstić information content (AvgIpc) is 2.62. The molecule has 3 rings (SSSR count). The zero-order valence-corrected chi connectivity index (χ0v) is 13.5. The summed E-state index contributed by atoms with van der Waals surface area (Å²) >= 11 is 0. The highest BCUT2D eigenvalue weighted by Gasteiger charge is 2.23. The fraction of sp³-hybridized carbons (Fsp3) is 0.412. The SMILES string of the molecule is CC(c1ccc(OC(F)F)cc1)N1CCN(c2ncccn2)CC1. The highest BCUT2D eigenvalue weighted by molar-refractivity contribution is 5.31. The molecular formula is C17H20F2N4O. The zero-order valence-electron chi connectivity index (χ0n) is 13.5. The van der Waals surface area contributed by atoms with Gasteiger partial charge in [-0.05, 0) is 30.7 Å². The molecule has 1 fully saturated rings. The van der Waals surface area contributed by atoms with Crippen LogP contribution < -0.4 is 9.64 Å². The summed E-state index contributed by atoms with van der Waals surface area (Å²) in [6.07, 6.45) is 3.50. The van der Waals surface area contributed by atoms with Gasteiger partial charge in [0.25, 0.3) is 0 Å². The second kappa shape index (κ2) is 7.53. The van der Waals surface area contributed by atoms with Crippen LogP contribution in [0.25, 0.3) is 0 Å². The number of alkyl halides is 2. The molecular weight excluding hydrogens is 314 g/mol. The van der Waals surface area contributed by atoms with E-state index in [1.54, 1.807) is 24.5 Å². The van der Waals surface area contributed by atoms with E-state index in [1.165, 1.54) is 0 Å². The van der Waals surface area contributed by atoms with Gasteiger partial charge in [-0.15, -0.1) is 0 Å². The molecule has 0 aliphatic carbocycles. The summed E-state index contributed by atoms with van der Waals surface area (Å²) in [5.74, 6) is 0.949. The lowest BCUT2D eigenvalue weighted by molar-refractivity contribution is -0.0498. The molecule has 0 spiro atoms. The Morgan fingerprint density at radius 1 is 1.00 bits per heavy atom. The molecule has 0 N–H and O–H groups in total. The first kappa shape index (κ1) is 16.6. The fourth-order valence-electron chi connectivity index (χ4n) is 2.90. The molecule has 1 aromatic carbocycles. The van der Waals surface area contributed by atoms with Crippen LogP contribution in [0.2, 0.25) is 0 Å². The van der Waals surface area contributed by atoms with Gasteiger partial charge in [-0.1, -0.05) is 12.1 Å². The van der Waals surface area contributed by atoms with Gasteiger partial charge >= 0.3 is 6.61 Å². The monoisotopic (exact) mass is 334 g/mol. The predicted molar refractivity (Wildman–Crippen MR) is 87.3 cm³/mol. The van der Waals surface area contributed by atoms with E-state index in [4.69, 9.17) is 0 Å². The van der Waals surface area contributed by atoms with Gasteiger partial charge < -0.3 is 9.64 Å². The summed E-state index contributed by atoms with van der Waals surface area (Å²) in [5, 5.41) is 0. The normalized spacial score (nSPS) is 17.1. The van der Waals surface area contributed by atoms with Crippen molar-refractivity contribution >= 4 is 5.95 Å². The molecule has 1 saturated heterocycles. The van der Waals surface area contributed by atoms with Gasteiger partial charge in [0, 0.05) is 44.6 Å². The molecule has 0 radical (unpaired) electrons. The van der Waals surface area contributed by atoms with Gasteiger partial charge in [0.1, 0.15) is 5.75 Å². The number of piperazine rings is 1. The lowest BCUT2D eigenvalue weighted by atomic mass is 10.1. The topological polar surface area (TPSA) is 41.5 Å². The summed E-state index contributed by atoms with van der Waals surface area (Å²) in [4.78, 5) is 13.1. The Bertz CT molecular complexity index is 631. The predicted octanol–water partition coefficient (Wildman–Crippen LogP) is 2.96. The van der Waals surface area contributed by atoms with Crippen LogP contribution in [0.3, 0.4) is 0 Å². The molecule has 128 valence electrons. The van der Waals surface area contributed by atoms with Crippen molar-refractivity contribution in [3.05, 3.63) is 48.3 Å². The molecule has 0 saturated carbocycles. The third kappa shape index (κ3) is 3.97. The molecule has 1 atom stereocenters. The molecule has 7 heteroatoms. The van der Waals surface area contributed by atoms with E-state index in [9.17, 15) is 8.78 Å². The minimum Gasteiger partial charge on any atom is -0.435 e. The Balaban J connectivity index is 1.57. The number of hydrogen-bond donors (Lipinski definition) is 0. The van der Waals surface area contributed by atoms with Crippen LogP contribution in [0.15, 0.2) is 42.7 Å². The number of nitrogens with zero attached hydrogens (tertiary/aromatic N) is 4. The van der Waals surface area contributed by atoms with Crippen LogP contribution in [0.1, 0.15) is 18.5 Å². The van der Waals surface area contributed by atoms with Gasteiger partial charge in [-0.3, -0.25) is 4.90 Å². The van der Waals surface area contributed by atoms with Gasteiger partial charge in [-0.2, -0.15) is 8.78 Å². The van der Waals surface area contributed by atoms with E-state index in [2.05, 4.69) is 31.4 Å². The first-order chi connectivity index (χ1) is 11.6. The molecule has 0 amide bonds. The first-order valence-electron chi connectivity index (χ1n) is 7.94. The number of anilines is 1. The number of rotatable bonds is 5. The molecule has 1 unspecified atom stereocenters. The zero-order chi connectivity index (χ0) is 16.9. The molecule has 0 bridgehead atoms. The maximum absolute atomic E-state index is 12.2. The second-order valence-electron chi connectivity index (χ2n) is 5.70. The average molecular weight is 334 g/mol. The van der Waals surface area contributed by atoms with Gasteiger partial charge in [0.05, 0.1) is 0 Å². The van der Waals surface area contributed by atoms with Gasteiger partial charge in [0.15, 0.2) is 0 Å². The van der Waals surface area contributed by atoms with Crippen LogP contribution >= 0.6 is 0 Å². The van der Waals surface area contributed by atoms with Crippen LogP contribution in [0.4, 0.5) is 14.7 Å². The summed E-state index contributed by atoms with van der Waals surface area (Å²) in [6, 6.07) is 8.88. The summed E-state index contributed by atoms with van der Waals surface area (Å²) in [7, 11) is 0. The number of benzene rings is 1. The number of hydrogen-bond acceptors (Lipinski definition) is 5. The van der Waals surface area contributed by atoms with Crippen LogP contribution in [0, 0.1) is 0 Å².